The maximum atomic E-state index is 13.8. The van der Waals surface area contributed by atoms with Crippen LogP contribution in [-0.4, -0.2) is 4.98 Å². The first-order chi connectivity index (χ1) is 10.5. The van der Waals surface area contributed by atoms with Crippen LogP contribution in [0, 0.1) is 24.4 Å². The summed E-state index contributed by atoms with van der Waals surface area (Å²) in [5, 5.41) is 0.368. The molecule has 2 nitrogen and oxygen atoms in total. The molecule has 0 spiro atoms. The molecule has 1 heterocycles. The molecule has 6 heteroatoms. The highest BCUT2D eigenvalue weighted by Crippen LogP contribution is 2.34. The Balaban J connectivity index is 2.12. The van der Waals surface area contributed by atoms with Crippen molar-refractivity contribution in [2.75, 3.05) is 0 Å². The largest absolute Gasteiger partial charge is 0.451 e. The van der Waals surface area contributed by atoms with E-state index in [0.717, 1.165) is 6.07 Å². The first-order valence-corrected chi connectivity index (χ1v) is 7.14. The third kappa shape index (κ3) is 2.54. The molecule has 0 aliphatic carbocycles. The molecule has 0 fully saturated rings. The van der Waals surface area contributed by atoms with Gasteiger partial charge in [-0.15, -0.1) is 0 Å². The topological polar surface area (TPSA) is 22.1 Å². The first kappa shape index (κ1) is 14.8. The van der Waals surface area contributed by atoms with Crippen molar-refractivity contribution in [3.63, 3.8) is 0 Å². The number of aryl methyl sites for hydroxylation is 1. The van der Waals surface area contributed by atoms with E-state index in [-0.39, 0.29) is 17.0 Å². The molecular formula is C16H9BrF3NO. The molecular weight excluding hydrogens is 359 g/mol. The zero-order chi connectivity index (χ0) is 15.9. The number of hydrogen-bond acceptors (Lipinski definition) is 2. The van der Waals surface area contributed by atoms with Crippen molar-refractivity contribution in [3.8, 4) is 11.5 Å². The molecule has 0 unspecified atom stereocenters. The minimum Gasteiger partial charge on any atom is -0.451 e. The third-order valence-electron chi connectivity index (χ3n) is 3.15. The summed E-state index contributed by atoms with van der Waals surface area (Å²) in [5.41, 5.74) is 0.240. The van der Waals surface area contributed by atoms with Gasteiger partial charge in [-0.2, -0.15) is 0 Å². The second-order valence-corrected chi connectivity index (χ2v) is 5.51. The van der Waals surface area contributed by atoms with E-state index in [9.17, 15) is 13.2 Å². The Morgan fingerprint density at radius 3 is 2.55 bits per heavy atom. The number of pyridine rings is 1. The van der Waals surface area contributed by atoms with Crippen molar-refractivity contribution in [2.45, 2.75) is 6.92 Å². The molecule has 22 heavy (non-hydrogen) atoms. The fourth-order valence-corrected chi connectivity index (χ4v) is 2.47. The van der Waals surface area contributed by atoms with Crippen molar-refractivity contribution in [2.24, 2.45) is 0 Å². The lowest BCUT2D eigenvalue weighted by Gasteiger charge is -2.12. The van der Waals surface area contributed by atoms with Crippen LogP contribution in [0.25, 0.3) is 10.9 Å². The lowest BCUT2D eigenvalue weighted by molar-refractivity contribution is 0.435. The maximum Gasteiger partial charge on any atom is 0.184 e. The van der Waals surface area contributed by atoms with Crippen LogP contribution in [0.2, 0.25) is 0 Å². The van der Waals surface area contributed by atoms with Gasteiger partial charge >= 0.3 is 0 Å². The lowest BCUT2D eigenvalue weighted by Crippen LogP contribution is -1.97. The number of aromatic nitrogens is 1. The van der Waals surface area contributed by atoms with Crippen molar-refractivity contribution >= 4 is 26.8 Å². The highest BCUT2D eigenvalue weighted by molar-refractivity contribution is 9.10. The number of fused-ring (bicyclic) bond motifs is 1. The van der Waals surface area contributed by atoms with E-state index in [2.05, 4.69) is 20.9 Å². The van der Waals surface area contributed by atoms with Crippen molar-refractivity contribution in [3.05, 3.63) is 64.0 Å². The Labute approximate surface area is 132 Å². The molecule has 3 aromatic rings. The summed E-state index contributed by atoms with van der Waals surface area (Å²) in [7, 11) is 0. The number of halogens is 4. The molecule has 0 amide bonds. The summed E-state index contributed by atoms with van der Waals surface area (Å²) < 4.78 is 46.8. The van der Waals surface area contributed by atoms with Crippen LogP contribution in [0.1, 0.15) is 5.69 Å². The average Bonchev–Trinajstić information content (AvgIpc) is 2.48. The molecule has 3 rings (SSSR count). The van der Waals surface area contributed by atoms with E-state index in [1.165, 1.54) is 24.3 Å². The molecule has 1 aromatic heterocycles. The van der Waals surface area contributed by atoms with Gasteiger partial charge in [0.15, 0.2) is 23.2 Å². The molecule has 0 radical (unpaired) electrons. The van der Waals surface area contributed by atoms with Crippen LogP contribution in [0.15, 0.2) is 40.9 Å². The molecule has 2 aromatic carbocycles. The summed E-state index contributed by atoms with van der Waals surface area (Å²) in [6.07, 6.45) is 0. The molecule has 112 valence electrons. The minimum atomic E-state index is -1.01. The summed E-state index contributed by atoms with van der Waals surface area (Å²) in [6, 6.07) is 8.34. The van der Waals surface area contributed by atoms with E-state index >= 15 is 0 Å². The number of benzene rings is 2. The fraction of sp³-hybridized carbons (Fsp3) is 0.0625. The van der Waals surface area contributed by atoms with Crippen molar-refractivity contribution in [1.82, 2.24) is 4.98 Å². The molecule has 0 N–H and O–H groups in total. The third-order valence-corrected chi connectivity index (χ3v) is 3.78. The Kier molecular flexibility index (Phi) is 3.78. The number of ether oxygens (including phenoxy) is 1. The Hall–Kier alpha value is -2.08. The van der Waals surface area contributed by atoms with Gasteiger partial charge in [0.2, 0.25) is 0 Å². The highest BCUT2D eigenvalue weighted by Gasteiger charge is 2.15. The number of rotatable bonds is 2. The zero-order valence-corrected chi connectivity index (χ0v) is 12.9. The molecule has 0 saturated carbocycles. The first-order valence-electron chi connectivity index (χ1n) is 6.34. The normalized spacial score (nSPS) is 11.0. The van der Waals surface area contributed by atoms with Crippen LogP contribution in [0.3, 0.4) is 0 Å². The predicted molar refractivity (Wildman–Crippen MR) is 80.6 cm³/mol. The maximum absolute atomic E-state index is 13.8. The Morgan fingerprint density at radius 1 is 1.05 bits per heavy atom. The quantitative estimate of drug-likeness (QED) is 0.595. The lowest BCUT2D eigenvalue weighted by atomic mass is 10.2. The van der Waals surface area contributed by atoms with E-state index in [0.29, 0.717) is 15.6 Å². The summed E-state index contributed by atoms with van der Waals surface area (Å²) in [5.74, 6) is -2.25. The van der Waals surface area contributed by atoms with Gasteiger partial charge in [0.25, 0.3) is 0 Å². The summed E-state index contributed by atoms with van der Waals surface area (Å²) in [4.78, 5) is 4.01. The van der Waals surface area contributed by atoms with Gasteiger partial charge in [0.1, 0.15) is 11.3 Å². The average molecular weight is 368 g/mol. The number of para-hydroxylation sites is 1. The van der Waals surface area contributed by atoms with E-state index in [4.69, 9.17) is 4.74 Å². The molecule has 0 bridgehead atoms. The van der Waals surface area contributed by atoms with Gasteiger partial charge in [0, 0.05) is 5.39 Å². The van der Waals surface area contributed by atoms with Gasteiger partial charge in [-0.05, 0) is 53.2 Å². The Morgan fingerprint density at radius 2 is 1.82 bits per heavy atom. The van der Waals surface area contributed by atoms with E-state index in [1.807, 2.05) is 0 Å². The Bertz CT molecular complexity index is 863. The van der Waals surface area contributed by atoms with Crippen molar-refractivity contribution in [1.29, 1.82) is 0 Å². The van der Waals surface area contributed by atoms with Crippen LogP contribution >= 0.6 is 15.9 Å². The number of nitrogens with zero attached hydrogens (tertiary/aromatic N) is 1. The van der Waals surface area contributed by atoms with Gasteiger partial charge < -0.3 is 4.74 Å². The van der Waals surface area contributed by atoms with Crippen LogP contribution < -0.4 is 4.74 Å². The van der Waals surface area contributed by atoms with E-state index < -0.39 is 17.5 Å². The van der Waals surface area contributed by atoms with Gasteiger partial charge in [-0.3, -0.25) is 0 Å². The van der Waals surface area contributed by atoms with Crippen molar-refractivity contribution < 1.29 is 17.9 Å². The smallest absolute Gasteiger partial charge is 0.184 e. The van der Waals surface area contributed by atoms with Crippen LogP contribution in [0.5, 0.6) is 11.5 Å². The molecule has 0 saturated heterocycles. The molecule has 0 aliphatic heterocycles. The highest BCUT2D eigenvalue weighted by atomic mass is 79.9. The predicted octanol–water partition coefficient (Wildman–Crippen LogP) is 5.52. The molecule has 0 atom stereocenters. The summed E-state index contributed by atoms with van der Waals surface area (Å²) in [6.45, 7) is 1.58. The monoisotopic (exact) mass is 367 g/mol. The fourth-order valence-electron chi connectivity index (χ4n) is 2.05. The van der Waals surface area contributed by atoms with E-state index in [1.54, 1.807) is 13.0 Å². The van der Waals surface area contributed by atoms with Crippen LogP contribution in [0.4, 0.5) is 13.2 Å². The second kappa shape index (κ2) is 5.61. The number of hydrogen-bond donors (Lipinski definition) is 0. The zero-order valence-electron chi connectivity index (χ0n) is 11.3. The standard InChI is InChI=1S/C16H9BrF3NO/c1-8-13(22-16-10(17)3-2-4-12(16)19)7-9-5-6-11(18)14(20)15(9)21-8/h2-7H,1H3. The van der Waals surface area contributed by atoms with Gasteiger partial charge in [0.05, 0.1) is 10.2 Å². The summed E-state index contributed by atoms with van der Waals surface area (Å²) >= 11 is 3.21. The molecule has 0 aliphatic rings. The van der Waals surface area contributed by atoms with Crippen LogP contribution in [-0.2, 0) is 0 Å². The van der Waals surface area contributed by atoms with Gasteiger partial charge in [-0.1, -0.05) is 6.07 Å². The minimum absolute atomic E-state index is 0.00864. The van der Waals surface area contributed by atoms with Gasteiger partial charge in [-0.25, -0.2) is 18.2 Å². The second-order valence-electron chi connectivity index (χ2n) is 4.66. The SMILES string of the molecule is Cc1nc2c(F)c(F)ccc2cc1Oc1c(F)cccc1Br.